The lowest BCUT2D eigenvalue weighted by molar-refractivity contribution is 0.102. The van der Waals surface area contributed by atoms with E-state index in [9.17, 15) is 4.79 Å². The van der Waals surface area contributed by atoms with Crippen LogP contribution in [0.5, 0.6) is 0 Å². The van der Waals surface area contributed by atoms with Crippen molar-refractivity contribution in [2.75, 3.05) is 5.32 Å². The van der Waals surface area contributed by atoms with Crippen LogP contribution in [0.4, 0.5) is 5.00 Å². The Morgan fingerprint density at radius 1 is 1.12 bits per heavy atom. The van der Waals surface area contributed by atoms with Crippen LogP contribution in [0.15, 0.2) is 70.6 Å². The van der Waals surface area contributed by atoms with Crippen molar-refractivity contribution < 1.29 is 4.79 Å². The van der Waals surface area contributed by atoms with Crippen molar-refractivity contribution in [2.24, 2.45) is 0 Å². The molecule has 128 valence electrons. The number of nitrogens with one attached hydrogen (secondary N) is 1. The number of hydrogen-bond donors (Lipinski definition) is 1. The van der Waals surface area contributed by atoms with Crippen LogP contribution < -0.4 is 5.32 Å². The van der Waals surface area contributed by atoms with Crippen LogP contribution in [0.1, 0.15) is 10.4 Å². The van der Waals surface area contributed by atoms with Gasteiger partial charge in [-0.2, -0.15) is 4.68 Å². The molecule has 0 bridgehead atoms. The van der Waals surface area contributed by atoms with Crippen LogP contribution >= 0.6 is 23.1 Å². The monoisotopic (exact) mass is 381 g/mol. The fourth-order valence-electron chi connectivity index (χ4n) is 2.10. The molecule has 8 nitrogen and oxygen atoms in total. The summed E-state index contributed by atoms with van der Waals surface area (Å²) in [6.45, 7) is 0. The number of aromatic nitrogens is 6. The second-order valence-electron chi connectivity index (χ2n) is 5.00. The van der Waals surface area contributed by atoms with Gasteiger partial charge in [-0.1, -0.05) is 29.5 Å². The Hall–Kier alpha value is -3.11. The lowest BCUT2D eigenvalue weighted by Crippen LogP contribution is -2.10. The molecule has 4 aromatic rings. The van der Waals surface area contributed by atoms with Gasteiger partial charge in [-0.05, 0) is 46.5 Å². The van der Waals surface area contributed by atoms with Crippen molar-refractivity contribution in [3.63, 3.8) is 0 Å². The molecule has 0 aliphatic rings. The van der Waals surface area contributed by atoms with E-state index < -0.39 is 0 Å². The normalized spacial score (nSPS) is 10.6. The van der Waals surface area contributed by atoms with Gasteiger partial charge in [0.05, 0.1) is 18.1 Å². The van der Waals surface area contributed by atoms with Crippen molar-refractivity contribution in [2.45, 2.75) is 9.50 Å². The largest absolute Gasteiger partial charge is 0.312 e. The number of thiazole rings is 1. The first-order valence-corrected chi connectivity index (χ1v) is 9.12. The molecule has 0 radical (unpaired) electrons. The molecule has 1 N–H and O–H groups in total. The first kappa shape index (κ1) is 16.4. The summed E-state index contributed by atoms with van der Waals surface area (Å²) in [7, 11) is 0. The molecule has 1 aromatic carbocycles. The highest BCUT2D eigenvalue weighted by atomic mass is 32.2. The van der Waals surface area contributed by atoms with Crippen LogP contribution in [0.2, 0.25) is 0 Å². The first-order valence-electron chi connectivity index (χ1n) is 7.48. The Kier molecular flexibility index (Phi) is 4.67. The average molecular weight is 381 g/mol. The molecular weight excluding hydrogens is 370 g/mol. The number of amides is 1. The van der Waals surface area contributed by atoms with E-state index in [1.807, 2.05) is 30.3 Å². The minimum atomic E-state index is -0.175. The fourth-order valence-corrected chi connectivity index (χ4v) is 3.87. The highest BCUT2D eigenvalue weighted by Gasteiger charge is 2.14. The average Bonchev–Trinajstić information content (AvgIpc) is 3.33. The Morgan fingerprint density at radius 2 is 2.00 bits per heavy atom. The van der Waals surface area contributed by atoms with Crippen molar-refractivity contribution in [3.8, 4) is 5.69 Å². The molecule has 0 unspecified atom stereocenters. The molecule has 0 saturated carbocycles. The molecule has 26 heavy (non-hydrogen) atoms. The number of rotatable bonds is 5. The van der Waals surface area contributed by atoms with E-state index in [-0.39, 0.29) is 5.91 Å². The third kappa shape index (κ3) is 3.60. The number of anilines is 1. The van der Waals surface area contributed by atoms with Gasteiger partial charge in [0.1, 0.15) is 5.00 Å². The van der Waals surface area contributed by atoms with Crippen LogP contribution in [-0.2, 0) is 0 Å². The molecular formula is C16H11N7OS2. The molecule has 0 spiro atoms. The second kappa shape index (κ2) is 7.42. The topological polar surface area (TPSA) is 98.5 Å². The van der Waals surface area contributed by atoms with E-state index in [0.717, 1.165) is 5.69 Å². The summed E-state index contributed by atoms with van der Waals surface area (Å²) in [6, 6.07) is 12.7. The fraction of sp³-hybridized carbons (Fsp3) is 0. The number of tetrazole rings is 1. The van der Waals surface area contributed by atoms with Gasteiger partial charge in [-0.3, -0.25) is 9.78 Å². The third-order valence-corrected chi connectivity index (χ3v) is 5.19. The van der Waals surface area contributed by atoms with Gasteiger partial charge >= 0.3 is 0 Å². The van der Waals surface area contributed by atoms with E-state index in [4.69, 9.17) is 0 Å². The van der Waals surface area contributed by atoms with Gasteiger partial charge in [-0.25, -0.2) is 4.98 Å². The molecule has 3 aromatic heterocycles. The number of hydrogen-bond acceptors (Lipinski definition) is 8. The maximum absolute atomic E-state index is 12.2. The van der Waals surface area contributed by atoms with Gasteiger partial charge in [0.2, 0.25) is 5.16 Å². The van der Waals surface area contributed by atoms with Crippen molar-refractivity contribution in [1.82, 2.24) is 30.2 Å². The minimum Gasteiger partial charge on any atom is -0.312 e. The molecule has 0 saturated heterocycles. The maximum atomic E-state index is 12.2. The SMILES string of the molecule is O=C(Nc1cnc(Sc2nnnn2-c2cccnc2)s1)c1ccccc1. The maximum Gasteiger partial charge on any atom is 0.256 e. The van der Waals surface area contributed by atoms with Gasteiger partial charge in [0.25, 0.3) is 5.91 Å². The highest BCUT2D eigenvalue weighted by molar-refractivity contribution is 8.01. The highest BCUT2D eigenvalue weighted by Crippen LogP contribution is 2.32. The Balaban J connectivity index is 1.48. The van der Waals surface area contributed by atoms with E-state index in [1.165, 1.54) is 23.1 Å². The van der Waals surface area contributed by atoms with E-state index in [2.05, 4.69) is 30.8 Å². The van der Waals surface area contributed by atoms with Crippen molar-refractivity contribution in [3.05, 3.63) is 66.6 Å². The molecule has 0 aliphatic heterocycles. The van der Waals surface area contributed by atoms with E-state index in [1.54, 1.807) is 35.4 Å². The summed E-state index contributed by atoms with van der Waals surface area (Å²) in [5.41, 5.74) is 1.35. The zero-order valence-corrected chi connectivity index (χ0v) is 14.8. The smallest absolute Gasteiger partial charge is 0.256 e. The lowest BCUT2D eigenvalue weighted by Gasteiger charge is -2.01. The van der Waals surface area contributed by atoms with E-state index >= 15 is 0 Å². The van der Waals surface area contributed by atoms with Crippen molar-refractivity contribution in [1.29, 1.82) is 0 Å². The standard InChI is InChI=1S/C16H11N7OS2/c24-14(11-5-2-1-3-6-11)19-13-10-18-16(25-13)26-15-20-21-22-23(15)12-7-4-8-17-9-12/h1-10H,(H,19,24). The number of carbonyl (C=O) groups is 1. The predicted octanol–water partition coefficient (Wildman–Crippen LogP) is 2.92. The van der Waals surface area contributed by atoms with Gasteiger partial charge in [-0.15, -0.1) is 5.10 Å². The number of carbonyl (C=O) groups excluding carboxylic acids is 1. The van der Waals surface area contributed by atoms with E-state index in [0.29, 0.717) is 20.1 Å². The predicted molar refractivity (Wildman–Crippen MR) is 97.6 cm³/mol. The molecule has 0 atom stereocenters. The van der Waals surface area contributed by atoms with Crippen LogP contribution in [0.25, 0.3) is 5.69 Å². The first-order chi connectivity index (χ1) is 12.8. The Bertz CT molecular complexity index is 1020. The second-order valence-corrected chi connectivity index (χ2v) is 7.24. The number of pyridine rings is 1. The molecule has 1 amide bonds. The Labute approximate surface area is 156 Å². The molecule has 10 heteroatoms. The third-order valence-electron chi connectivity index (χ3n) is 3.27. The number of nitrogens with zero attached hydrogens (tertiary/aromatic N) is 6. The molecule has 3 heterocycles. The van der Waals surface area contributed by atoms with Crippen LogP contribution in [0.3, 0.4) is 0 Å². The lowest BCUT2D eigenvalue weighted by atomic mass is 10.2. The van der Waals surface area contributed by atoms with Gasteiger partial charge in [0.15, 0.2) is 4.34 Å². The minimum absolute atomic E-state index is 0.175. The quantitative estimate of drug-likeness (QED) is 0.567. The molecule has 4 rings (SSSR count). The Morgan fingerprint density at radius 3 is 2.81 bits per heavy atom. The summed E-state index contributed by atoms with van der Waals surface area (Å²) in [6.07, 6.45) is 4.98. The summed E-state index contributed by atoms with van der Waals surface area (Å²) in [4.78, 5) is 20.6. The van der Waals surface area contributed by atoms with Crippen LogP contribution in [0, 0.1) is 0 Å². The summed E-state index contributed by atoms with van der Waals surface area (Å²) >= 11 is 2.67. The summed E-state index contributed by atoms with van der Waals surface area (Å²) in [5.74, 6) is -0.175. The summed E-state index contributed by atoms with van der Waals surface area (Å²) < 4.78 is 2.30. The van der Waals surface area contributed by atoms with Crippen molar-refractivity contribution >= 4 is 34.0 Å². The van der Waals surface area contributed by atoms with Gasteiger partial charge in [0, 0.05) is 11.8 Å². The molecule has 0 aliphatic carbocycles. The zero-order valence-electron chi connectivity index (χ0n) is 13.2. The van der Waals surface area contributed by atoms with Gasteiger partial charge < -0.3 is 5.32 Å². The molecule has 0 fully saturated rings. The zero-order chi connectivity index (χ0) is 17.8. The van der Waals surface area contributed by atoms with Crippen LogP contribution in [-0.4, -0.2) is 36.1 Å². The number of benzene rings is 1. The summed E-state index contributed by atoms with van der Waals surface area (Å²) in [5, 5.41) is 15.8.